The van der Waals surface area contributed by atoms with Gasteiger partial charge in [-0.3, -0.25) is 4.90 Å². The molecule has 1 heterocycles. The Labute approximate surface area is 158 Å². The Balaban J connectivity index is 2.00. The second kappa shape index (κ2) is 7.55. The van der Waals surface area contributed by atoms with Gasteiger partial charge >= 0.3 is 5.63 Å². The van der Waals surface area contributed by atoms with Gasteiger partial charge in [-0.25, -0.2) is 4.79 Å². The normalized spacial score (nSPS) is 12.0. The number of aryl methyl sites for hydroxylation is 1. The highest BCUT2D eigenvalue weighted by molar-refractivity contribution is 5.84. The van der Waals surface area contributed by atoms with Gasteiger partial charge in [-0.15, -0.1) is 0 Å². The molecule has 3 rings (SSSR count). The van der Waals surface area contributed by atoms with Crippen LogP contribution in [0.15, 0.2) is 57.7 Å². The van der Waals surface area contributed by atoms with E-state index in [2.05, 4.69) is 4.90 Å². The third-order valence-electron chi connectivity index (χ3n) is 4.47. The first-order valence-electron chi connectivity index (χ1n) is 8.97. The summed E-state index contributed by atoms with van der Waals surface area (Å²) >= 11 is 0. The lowest BCUT2D eigenvalue weighted by molar-refractivity contribution is 0.0308. The topological polar surface area (TPSA) is 73.9 Å². The van der Waals surface area contributed by atoms with Crippen molar-refractivity contribution in [2.24, 2.45) is 0 Å². The van der Waals surface area contributed by atoms with Crippen LogP contribution in [-0.2, 0) is 13.1 Å². The summed E-state index contributed by atoms with van der Waals surface area (Å²) in [6, 6.07) is 14.9. The van der Waals surface area contributed by atoms with Gasteiger partial charge in [-0.1, -0.05) is 30.3 Å². The molecule has 0 amide bonds. The number of aromatic hydroxyl groups is 1. The molecule has 0 bridgehead atoms. The Bertz CT molecular complexity index is 987. The molecule has 2 N–H and O–H groups in total. The number of rotatable bonds is 6. The van der Waals surface area contributed by atoms with Crippen LogP contribution in [0.5, 0.6) is 5.75 Å². The zero-order valence-corrected chi connectivity index (χ0v) is 15.9. The molecule has 5 nitrogen and oxygen atoms in total. The van der Waals surface area contributed by atoms with Crippen molar-refractivity contribution in [1.82, 2.24) is 4.90 Å². The molecule has 0 spiro atoms. The van der Waals surface area contributed by atoms with E-state index < -0.39 is 11.2 Å². The molecule has 0 saturated carbocycles. The summed E-state index contributed by atoms with van der Waals surface area (Å²) in [4.78, 5) is 14.2. The van der Waals surface area contributed by atoms with Crippen LogP contribution in [0.1, 0.15) is 30.5 Å². The molecule has 0 fully saturated rings. The van der Waals surface area contributed by atoms with E-state index in [1.165, 1.54) is 6.07 Å². The van der Waals surface area contributed by atoms with Gasteiger partial charge in [-0.05, 0) is 44.0 Å². The Morgan fingerprint density at radius 1 is 1.07 bits per heavy atom. The molecule has 0 atom stereocenters. The zero-order chi connectivity index (χ0) is 19.6. The number of benzene rings is 2. The Kier molecular flexibility index (Phi) is 5.35. The first-order valence-corrected chi connectivity index (χ1v) is 8.97. The largest absolute Gasteiger partial charge is 0.508 e. The molecule has 0 aliphatic heterocycles. The van der Waals surface area contributed by atoms with Crippen molar-refractivity contribution in [3.63, 3.8) is 0 Å². The summed E-state index contributed by atoms with van der Waals surface area (Å²) in [6.07, 6.45) is 0. The summed E-state index contributed by atoms with van der Waals surface area (Å²) in [6.45, 7) is 6.83. The Hall–Kier alpha value is -2.63. The number of hydrogen-bond donors (Lipinski definition) is 2. The van der Waals surface area contributed by atoms with E-state index in [1.807, 2.05) is 30.3 Å². The minimum atomic E-state index is -0.877. The van der Waals surface area contributed by atoms with E-state index >= 15 is 0 Å². The second-order valence-electron chi connectivity index (χ2n) is 7.62. The minimum Gasteiger partial charge on any atom is -0.508 e. The van der Waals surface area contributed by atoms with E-state index in [0.29, 0.717) is 30.8 Å². The molecular weight excluding hydrogens is 342 g/mol. The molecule has 0 saturated heterocycles. The van der Waals surface area contributed by atoms with Gasteiger partial charge in [0.1, 0.15) is 11.3 Å². The van der Waals surface area contributed by atoms with Gasteiger partial charge in [0.05, 0.1) is 5.60 Å². The molecular formula is C22H25NO4. The Morgan fingerprint density at radius 3 is 2.44 bits per heavy atom. The maximum Gasteiger partial charge on any atom is 0.336 e. The lowest BCUT2D eigenvalue weighted by atomic mass is 10.0. The fourth-order valence-electron chi connectivity index (χ4n) is 3.34. The van der Waals surface area contributed by atoms with E-state index in [9.17, 15) is 15.0 Å². The van der Waals surface area contributed by atoms with E-state index in [4.69, 9.17) is 4.42 Å². The molecule has 1 aromatic heterocycles. The van der Waals surface area contributed by atoms with Crippen molar-refractivity contribution in [2.45, 2.75) is 39.5 Å². The van der Waals surface area contributed by atoms with Crippen LogP contribution in [0.3, 0.4) is 0 Å². The quantitative estimate of drug-likeness (QED) is 0.652. The van der Waals surface area contributed by atoms with Crippen molar-refractivity contribution in [1.29, 1.82) is 0 Å². The number of phenols is 1. The SMILES string of the molecule is Cc1c(O)ccc2c(CN(Cc3ccccc3)CC(C)(C)O)cc(=O)oc12. The van der Waals surface area contributed by atoms with Crippen LogP contribution in [0, 0.1) is 6.92 Å². The van der Waals surface area contributed by atoms with Gasteiger partial charge in [0.15, 0.2) is 0 Å². The monoisotopic (exact) mass is 367 g/mol. The fraction of sp³-hybridized carbons (Fsp3) is 0.318. The molecule has 0 aliphatic carbocycles. The standard InChI is InChI=1S/C22H25NO4/c1-15-19(24)10-9-18-17(11-20(25)27-21(15)18)13-23(14-22(2,3)26)12-16-7-5-4-6-8-16/h4-11,24,26H,12-14H2,1-3H3. The zero-order valence-electron chi connectivity index (χ0n) is 15.9. The maximum absolute atomic E-state index is 12.1. The van der Waals surface area contributed by atoms with Crippen molar-refractivity contribution in [3.05, 3.63) is 75.6 Å². The summed E-state index contributed by atoms with van der Waals surface area (Å²) < 4.78 is 5.33. The maximum atomic E-state index is 12.1. The highest BCUT2D eigenvalue weighted by Crippen LogP contribution is 2.28. The third-order valence-corrected chi connectivity index (χ3v) is 4.47. The van der Waals surface area contributed by atoms with Crippen LogP contribution >= 0.6 is 0 Å². The number of aliphatic hydroxyl groups is 1. The predicted octanol–water partition coefficient (Wildman–Crippen LogP) is 3.58. The summed E-state index contributed by atoms with van der Waals surface area (Å²) in [5.74, 6) is 0.0976. The van der Waals surface area contributed by atoms with Crippen LogP contribution in [-0.4, -0.2) is 27.3 Å². The molecule has 3 aromatic rings. The molecule has 0 aliphatic rings. The first-order chi connectivity index (χ1) is 12.7. The number of phenolic OH excluding ortho intramolecular Hbond substituents is 1. The molecule has 27 heavy (non-hydrogen) atoms. The third kappa shape index (κ3) is 4.76. The first kappa shape index (κ1) is 19.1. The summed E-state index contributed by atoms with van der Waals surface area (Å²) in [5, 5.41) is 21.1. The molecule has 0 unspecified atom stereocenters. The van der Waals surface area contributed by atoms with Crippen LogP contribution in [0.25, 0.3) is 11.0 Å². The van der Waals surface area contributed by atoms with E-state index in [-0.39, 0.29) is 5.75 Å². The average molecular weight is 367 g/mol. The fourth-order valence-corrected chi connectivity index (χ4v) is 3.34. The van der Waals surface area contributed by atoms with Crippen molar-refractivity contribution in [3.8, 4) is 5.75 Å². The lowest BCUT2D eigenvalue weighted by Crippen LogP contribution is -2.38. The van der Waals surface area contributed by atoms with Gasteiger partial charge < -0.3 is 14.6 Å². The highest BCUT2D eigenvalue weighted by Gasteiger charge is 2.20. The van der Waals surface area contributed by atoms with Gasteiger partial charge in [-0.2, -0.15) is 0 Å². The van der Waals surface area contributed by atoms with E-state index in [0.717, 1.165) is 16.5 Å². The second-order valence-corrected chi connectivity index (χ2v) is 7.62. The van der Waals surface area contributed by atoms with Gasteiger partial charge in [0, 0.05) is 36.7 Å². The number of nitrogens with zero attached hydrogens (tertiary/aromatic N) is 1. The van der Waals surface area contributed by atoms with Crippen LogP contribution in [0.4, 0.5) is 0 Å². The average Bonchev–Trinajstić information content (AvgIpc) is 2.58. The lowest BCUT2D eigenvalue weighted by Gasteiger charge is -2.29. The minimum absolute atomic E-state index is 0.0976. The smallest absolute Gasteiger partial charge is 0.336 e. The van der Waals surface area contributed by atoms with Gasteiger partial charge in [0.25, 0.3) is 0 Å². The molecule has 2 aromatic carbocycles. The van der Waals surface area contributed by atoms with Gasteiger partial charge in [0.2, 0.25) is 0 Å². The summed E-state index contributed by atoms with van der Waals surface area (Å²) in [5.41, 5.74) is 1.56. The highest BCUT2D eigenvalue weighted by atomic mass is 16.4. The summed E-state index contributed by atoms with van der Waals surface area (Å²) in [7, 11) is 0. The molecule has 5 heteroatoms. The Morgan fingerprint density at radius 2 is 1.78 bits per heavy atom. The van der Waals surface area contributed by atoms with Crippen molar-refractivity contribution >= 4 is 11.0 Å². The number of fused-ring (bicyclic) bond motifs is 1. The molecule has 0 radical (unpaired) electrons. The van der Waals surface area contributed by atoms with Crippen molar-refractivity contribution in [2.75, 3.05) is 6.54 Å². The van der Waals surface area contributed by atoms with Crippen LogP contribution < -0.4 is 5.63 Å². The predicted molar refractivity (Wildman–Crippen MR) is 106 cm³/mol. The number of hydrogen-bond acceptors (Lipinski definition) is 5. The van der Waals surface area contributed by atoms with Crippen LogP contribution in [0.2, 0.25) is 0 Å². The van der Waals surface area contributed by atoms with E-state index in [1.54, 1.807) is 32.9 Å². The van der Waals surface area contributed by atoms with Crippen molar-refractivity contribution < 1.29 is 14.6 Å². The molecule has 142 valence electrons.